The maximum atomic E-state index is 13.6. The molecule has 1 atom stereocenters. The van der Waals surface area contributed by atoms with Crippen LogP contribution in [0.1, 0.15) is 28.7 Å². The quantitative estimate of drug-likeness (QED) is 0.590. The van der Waals surface area contributed by atoms with Gasteiger partial charge in [-0.3, -0.25) is 0 Å². The van der Waals surface area contributed by atoms with Crippen molar-refractivity contribution in [2.24, 2.45) is 0 Å². The summed E-state index contributed by atoms with van der Waals surface area (Å²) < 4.78 is 43.5. The Hall–Kier alpha value is -1.93. The summed E-state index contributed by atoms with van der Waals surface area (Å²) in [6.07, 6.45) is 0.294. The number of aromatic amines is 1. The van der Waals surface area contributed by atoms with Crippen LogP contribution in [-0.4, -0.2) is 24.6 Å². The second-order valence-corrected chi connectivity index (χ2v) is 9.09. The summed E-state index contributed by atoms with van der Waals surface area (Å²) >= 11 is 11.9. The number of aromatic nitrogens is 2. The standard InChI is InChI=1S/C19H17Cl2FN2O3S/c1-11-19(28(2,25)26)24-18(23-11)17(13-6-7-16(22)15(21)9-13)27-10-12-4-3-5-14(20)8-12/h3-9,17H,10H2,1-2H3,(H,23,24)/t17-/m0/s1. The van der Waals surface area contributed by atoms with Crippen LogP contribution in [0, 0.1) is 12.7 Å². The summed E-state index contributed by atoms with van der Waals surface area (Å²) in [5.74, 6) is -0.283. The number of H-pyrrole nitrogens is 1. The summed E-state index contributed by atoms with van der Waals surface area (Å²) in [4.78, 5) is 7.16. The van der Waals surface area contributed by atoms with Gasteiger partial charge in [0.15, 0.2) is 14.9 Å². The van der Waals surface area contributed by atoms with Gasteiger partial charge in [0.1, 0.15) is 17.7 Å². The van der Waals surface area contributed by atoms with Crippen molar-refractivity contribution < 1.29 is 17.5 Å². The van der Waals surface area contributed by atoms with E-state index in [0.29, 0.717) is 16.3 Å². The lowest BCUT2D eigenvalue weighted by Crippen LogP contribution is -2.09. The molecule has 0 saturated carbocycles. The van der Waals surface area contributed by atoms with Gasteiger partial charge in [0, 0.05) is 11.3 Å². The molecule has 0 aliphatic heterocycles. The highest BCUT2D eigenvalue weighted by Gasteiger charge is 2.24. The Morgan fingerprint density at radius 2 is 1.96 bits per heavy atom. The molecule has 2 aromatic carbocycles. The molecule has 0 fully saturated rings. The lowest BCUT2D eigenvalue weighted by Gasteiger charge is -2.17. The number of hydrogen-bond acceptors (Lipinski definition) is 4. The number of benzene rings is 2. The number of rotatable bonds is 6. The van der Waals surface area contributed by atoms with Gasteiger partial charge in [-0.2, -0.15) is 0 Å². The Labute approximate surface area is 172 Å². The Balaban J connectivity index is 2.00. The zero-order chi connectivity index (χ0) is 20.5. The topological polar surface area (TPSA) is 72.0 Å². The van der Waals surface area contributed by atoms with Crippen LogP contribution in [0.25, 0.3) is 0 Å². The molecule has 1 aromatic heterocycles. The molecule has 3 aromatic rings. The van der Waals surface area contributed by atoms with Crippen LogP contribution in [0.15, 0.2) is 47.5 Å². The molecule has 1 N–H and O–H groups in total. The van der Waals surface area contributed by atoms with E-state index in [4.69, 9.17) is 27.9 Å². The number of aryl methyl sites for hydroxylation is 1. The van der Waals surface area contributed by atoms with Gasteiger partial charge in [-0.15, -0.1) is 0 Å². The molecule has 0 bridgehead atoms. The van der Waals surface area contributed by atoms with Crippen LogP contribution in [0.2, 0.25) is 10.0 Å². The monoisotopic (exact) mass is 442 g/mol. The Morgan fingerprint density at radius 3 is 2.57 bits per heavy atom. The van der Waals surface area contributed by atoms with E-state index in [1.807, 2.05) is 6.07 Å². The fraction of sp³-hybridized carbons (Fsp3) is 0.211. The van der Waals surface area contributed by atoms with E-state index in [0.717, 1.165) is 11.8 Å². The van der Waals surface area contributed by atoms with E-state index in [-0.39, 0.29) is 22.5 Å². The Bertz CT molecular complexity index is 1120. The fourth-order valence-electron chi connectivity index (χ4n) is 2.77. The highest BCUT2D eigenvalue weighted by molar-refractivity contribution is 7.90. The summed E-state index contributed by atoms with van der Waals surface area (Å²) in [6.45, 7) is 1.78. The zero-order valence-corrected chi connectivity index (χ0v) is 17.4. The van der Waals surface area contributed by atoms with Crippen LogP contribution < -0.4 is 0 Å². The van der Waals surface area contributed by atoms with Gasteiger partial charge < -0.3 is 9.72 Å². The first-order valence-electron chi connectivity index (χ1n) is 8.22. The molecule has 0 aliphatic rings. The van der Waals surface area contributed by atoms with E-state index in [9.17, 15) is 12.8 Å². The number of nitrogens with zero attached hydrogens (tertiary/aromatic N) is 1. The third-order valence-corrected chi connectivity index (χ3v) is 5.63. The van der Waals surface area contributed by atoms with Crippen molar-refractivity contribution in [3.05, 3.63) is 81.0 Å². The Morgan fingerprint density at radius 1 is 1.21 bits per heavy atom. The molecule has 0 radical (unpaired) electrons. The molecule has 0 spiro atoms. The number of halogens is 3. The van der Waals surface area contributed by atoms with Gasteiger partial charge in [-0.1, -0.05) is 41.4 Å². The van der Waals surface area contributed by atoms with E-state index >= 15 is 0 Å². The van der Waals surface area contributed by atoms with Crippen molar-refractivity contribution in [1.82, 2.24) is 9.97 Å². The molecular formula is C19H17Cl2FN2O3S. The molecule has 0 saturated heterocycles. The fourth-order valence-corrected chi connectivity index (χ4v) is 4.04. The molecular weight excluding hydrogens is 426 g/mol. The minimum Gasteiger partial charge on any atom is -0.361 e. The van der Waals surface area contributed by atoms with Crippen LogP contribution in [0.5, 0.6) is 0 Å². The van der Waals surface area contributed by atoms with Gasteiger partial charge in [-0.05, 0) is 42.3 Å². The highest BCUT2D eigenvalue weighted by atomic mass is 35.5. The van der Waals surface area contributed by atoms with E-state index in [1.165, 1.54) is 18.2 Å². The third-order valence-electron chi connectivity index (χ3n) is 4.01. The van der Waals surface area contributed by atoms with E-state index in [1.54, 1.807) is 25.1 Å². The molecule has 0 amide bonds. The molecule has 9 heteroatoms. The number of nitrogens with one attached hydrogen (secondary N) is 1. The average molecular weight is 443 g/mol. The predicted molar refractivity (Wildman–Crippen MR) is 106 cm³/mol. The van der Waals surface area contributed by atoms with Gasteiger partial charge in [0.05, 0.1) is 17.3 Å². The minimum absolute atomic E-state index is 0.0629. The van der Waals surface area contributed by atoms with Crippen molar-refractivity contribution in [3.8, 4) is 0 Å². The Kier molecular flexibility index (Phi) is 6.09. The minimum atomic E-state index is -3.52. The summed E-state index contributed by atoms with van der Waals surface area (Å²) in [5, 5.41) is 0.434. The first-order valence-corrected chi connectivity index (χ1v) is 10.9. The first kappa shape index (κ1) is 20.8. The normalized spacial score (nSPS) is 12.9. The van der Waals surface area contributed by atoms with E-state index in [2.05, 4.69) is 9.97 Å². The molecule has 28 heavy (non-hydrogen) atoms. The molecule has 148 valence electrons. The average Bonchev–Trinajstić information content (AvgIpc) is 3.00. The highest BCUT2D eigenvalue weighted by Crippen LogP contribution is 2.30. The van der Waals surface area contributed by atoms with Crippen LogP contribution in [0.3, 0.4) is 0 Å². The molecule has 0 unspecified atom stereocenters. The number of ether oxygens (including phenoxy) is 1. The first-order chi connectivity index (χ1) is 13.1. The maximum absolute atomic E-state index is 13.6. The van der Waals surface area contributed by atoms with Crippen molar-refractivity contribution in [2.45, 2.75) is 24.7 Å². The molecule has 1 heterocycles. The molecule has 3 rings (SSSR count). The second-order valence-electron chi connectivity index (χ2n) is 6.32. The lowest BCUT2D eigenvalue weighted by atomic mass is 10.1. The molecule has 5 nitrogen and oxygen atoms in total. The van der Waals surface area contributed by atoms with Crippen LogP contribution in [0.4, 0.5) is 4.39 Å². The van der Waals surface area contributed by atoms with Crippen molar-refractivity contribution in [1.29, 1.82) is 0 Å². The largest absolute Gasteiger partial charge is 0.361 e. The van der Waals surface area contributed by atoms with Gasteiger partial charge in [0.2, 0.25) is 0 Å². The number of sulfone groups is 1. The van der Waals surface area contributed by atoms with Crippen molar-refractivity contribution >= 4 is 33.0 Å². The predicted octanol–water partition coefficient (Wildman–Crippen LogP) is 4.87. The maximum Gasteiger partial charge on any atom is 0.194 e. The summed E-state index contributed by atoms with van der Waals surface area (Å²) in [7, 11) is -3.52. The lowest BCUT2D eigenvalue weighted by molar-refractivity contribution is 0.0613. The summed E-state index contributed by atoms with van der Waals surface area (Å²) in [5.41, 5.74) is 1.74. The SMILES string of the molecule is Cc1[nH]c([C@@H](OCc2cccc(Cl)c2)c2ccc(F)c(Cl)c2)nc1S(C)(=O)=O. The van der Waals surface area contributed by atoms with Crippen LogP contribution >= 0.6 is 23.2 Å². The van der Waals surface area contributed by atoms with Gasteiger partial charge in [0.25, 0.3) is 0 Å². The van der Waals surface area contributed by atoms with Crippen molar-refractivity contribution in [2.75, 3.05) is 6.26 Å². The third kappa shape index (κ3) is 4.72. The smallest absolute Gasteiger partial charge is 0.194 e. The molecule has 0 aliphatic carbocycles. The second kappa shape index (κ2) is 8.21. The number of hydrogen-bond donors (Lipinski definition) is 1. The van der Waals surface area contributed by atoms with Gasteiger partial charge in [-0.25, -0.2) is 17.8 Å². The number of imidazole rings is 1. The zero-order valence-electron chi connectivity index (χ0n) is 15.0. The summed E-state index contributed by atoms with van der Waals surface area (Å²) in [6, 6.07) is 11.3. The van der Waals surface area contributed by atoms with E-state index < -0.39 is 21.8 Å². The van der Waals surface area contributed by atoms with Crippen molar-refractivity contribution in [3.63, 3.8) is 0 Å². The van der Waals surface area contributed by atoms with Gasteiger partial charge >= 0.3 is 0 Å². The van der Waals surface area contributed by atoms with Crippen LogP contribution in [-0.2, 0) is 21.2 Å².